The second-order valence-electron chi connectivity index (χ2n) is 6.47. The number of β-amino-alcohol motifs (C(OH)–C–C–N with tert-alkyl or cyclic N) is 1. The van der Waals surface area contributed by atoms with Gasteiger partial charge < -0.3 is 19.5 Å². The molecule has 1 N–H and O–H groups in total. The zero-order valence-corrected chi connectivity index (χ0v) is 14.1. The molecule has 23 heavy (non-hydrogen) atoms. The smallest absolute Gasteiger partial charge is 0.123 e. The Bertz CT molecular complexity index is 444. The Balaban J connectivity index is 1.62. The van der Waals surface area contributed by atoms with Gasteiger partial charge in [0, 0.05) is 19.6 Å². The average Bonchev–Trinajstić information content (AvgIpc) is 2.54. The number of nitrogens with zero attached hydrogens (tertiary/aromatic N) is 1. The molecule has 0 aliphatic carbocycles. The minimum Gasteiger partial charge on any atom is -0.389 e. The van der Waals surface area contributed by atoms with Gasteiger partial charge in [0.05, 0.1) is 31.5 Å². The molecule has 0 radical (unpaired) electrons. The third-order valence-corrected chi connectivity index (χ3v) is 4.02. The number of aliphatic hydroxyl groups excluding tert-OH is 1. The fourth-order valence-corrected chi connectivity index (χ4v) is 2.71. The maximum Gasteiger partial charge on any atom is 0.123 e. The first kappa shape index (κ1) is 18.3. The van der Waals surface area contributed by atoms with Crippen LogP contribution in [0.25, 0.3) is 0 Å². The van der Waals surface area contributed by atoms with Crippen LogP contribution in [0.2, 0.25) is 0 Å². The molecule has 1 atom stereocenters. The van der Waals surface area contributed by atoms with Gasteiger partial charge >= 0.3 is 0 Å². The van der Waals surface area contributed by atoms with Crippen molar-refractivity contribution in [1.82, 2.24) is 4.90 Å². The van der Waals surface area contributed by atoms with Gasteiger partial charge in [-0.15, -0.1) is 0 Å². The lowest BCUT2D eigenvalue weighted by atomic mass is 10.1. The first-order valence-electron chi connectivity index (χ1n) is 8.41. The van der Waals surface area contributed by atoms with E-state index in [2.05, 4.69) is 4.90 Å². The second-order valence-corrected chi connectivity index (χ2v) is 6.47. The van der Waals surface area contributed by atoms with Crippen molar-refractivity contribution < 1.29 is 19.0 Å². The molecule has 0 aromatic heterocycles. The summed E-state index contributed by atoms with van der Waals surface area (Å²) in [5.41, 5.74) is 0.995. The molecule has 130 valence electrons. The number of hydrogen-bond donors (Lipinski definition) is 1. The fraction of sp³-hybridized carbons (Fsp3) is 0.667. The Hall–Kier alpha value is -1.01. The first-order valence-corrected chi connectivity index (χ1v) is 8.41. The monoisotopic (exact) mass is 325 g/mol. The largest absolute Gasteiger partial charge is 0.389 e. The van der Waals surface area contributed by atoms with Gasteiger partial charge in [0.15, 0.2) is 0 Å². The van der Waals surface area contributed by atoms with Crippen molar-refractivity contribution in [2.75, 3.05) is 26.2 Å². The summed E-state index contributed by atoms with van der Waals surface area (Å²) in [4.78, 5) is 2.26. The maximum atomic E-state index is 12.9. The molecule has 5 heteroatoms. The van der Waals surface area contributed by atoms with Gasteiger partial charge in [0.2, 0.25) is 0 Å². The molecule has 4 nitrogen and oxygen atoms in total. The highest BCUT2D eigenvalue weighted by Crippen LogP contribution is 2.16. The van der Waals surface area contributed by atoms with Crippen LogP contribution in [0.15, 0.2) is 24.3 Å². The summed E-state index contributed by atoms with van der Waals surface area (Å²) < 4.78 is 24.2. The number of rotatable bonds is 8. The van der Waals surface area contributed by atoms with Gasteiger partial charge in [-0.3, -0.25) is 0 Å². The number of likely N-dealkylation sites (tertiary alicyclic amines) is 1. The molecule has 1 unspecified atom stereocenters. The highest BCUT2D eigenvalue weighted by Gasteiger charge is 2.21. The van der Waals surface area contributed by atoms with E-state index in [1.54, 1.807) is 12.1 Å². The summed E-state index contributed by atoms with van der Waals surface area (Å²) in [6.45, 7) is 7.35. The van der Waals surface area contributed by atoms with Gasteiger partial charge in [-0.05, 0) is 44.4 Å². The van der Waals surface area contributed by atoms with Gasteiger partial charge in [0.1, 0.15) is 5.82 Å². The molecule has 1 heterocycles. The number of piperidine rings is 1. The standard InChI is InChI=1S/C18H28FNO3/c1-14(2)22-13-17(21)11-20-9-7-18(8-10-20)23-12-15-3-5-16(19)6-4-15/h3-6,14,17-18,21H,7-13H2,1-2H3. The molecule has 1 aromatic rings. The van der Waals surface area contributed by atoms with Gasteiger partial charge in [-0.25, -0.2) is 4.39 Å². The fourth-order valence-electron chi connectivity index (χ4n) is 2.71. The minimum absolute atomic E-state index is 0.148. The van der Waals surface area contributed by atoms with E-state index >= 15 is 0 Å². The Kier molecular flexibility index (Phi) is 7.43. The summed E-state index contributed by atoms with van der Waals surface area (Å²) in [6, 6.07) is 6.44. The quantitative estimate of drug-likeness (QED) is 0.798. The van der Waals surface area contributed by atoms with Crippen LogP contribution in [0.3, 0.4) is 0 Å². The van der Waals surface area contributed by atoms with E-state index in [1.807, 2.05) is 13.8 Å². The van der Waals surface area contributed by atoms with Crippen molar-refractivity contribution in [2.45, 2.75) is 51.6 Å². The third-order valence-electron chi connectivity index (χ3n) is 4.02. The van der Waals surface area contributed by atoms with Crippen molar-refractivity contribution >= 4 is 0 Å². The summed E-state index contributed by atoms with van der Waals surface area (Å²) in [5, 5.41) is 9.96. The summed E-state index contributed by atoms with van der Waals surface area (Å²) in [5.74, 6) is -0.220. The van der Waals surface area contributed by atoms with Crippen LogP contribution in [0.4, 0.5) is 4.39 Å². The van der Waals surface area contributed by atoms with Gasteiger partial charge in [0.25, 0.3) is 0 Å². The van der Waals surface area contributed by atoms with Crippen molar-refractivity contribution in [1.29, 1.82) is 0 Å². The van der Waals surface area contributed by atoms with Crippen molar-refractivity contribution in [3.63, 3.8) is 0 Å². The Morgan fingerprint density at radius 3 is 2.48 bits per heavy atom. The van der Waals surface area contributed by atoms with Gasteiger partial charge in [-0.1, -0.05) is 12.1 Å². The molecule has 0 saturated carbocycles. The first-order chi connectivity index (χ1) is 11.0. The van der Waals surface area contributed by atoms with Crippen molar-refractivity contribution in [3.05, 3.63) is 35.6 Å². The molecule has 1 aromatic carbocycles. The van der Waals surface area contributed by atoms with E-state index in [0.29, 0.717) is 19.8 Å². The zero-order valence-electron chi connectivity index (χ0n) is 14.1. The van der Waals surface area contributed by atoms with E-state index in [-0.39, 0.29) is 18.0 Å². The minimum atomic E-state index is -0.436. The van der Waals surface area contributed by atoms with Crippen molar-refractivity contribution in [2.24, 2.45) is 0 Å². The molecule has 1 aliphatic rings. The SMILES string of the molecule is CC(C)OCC(O)CN1CCC(OCc2ccc(F)cc2)CC1. The molecule has 0 bridgehead atoms. The Morgan fingerprint density at radius 2 is 1.87 bits per heavy atom. The lowest BCUT2D eigenvalue weighted by Crippen LogP contribution is -2.42. The van der Waals surface area contributed by atoms with Crippen LogP contribution in [-0.4, -0.2) is 54.6 Å². The zero-order chi connectivity index (χ0) is 16.7. The molecular weight excluding hydrogens is 297 g/mol. The van der Waals surface area contributed by atoms with Crippen LogP contribution < -0.4 is 0 Å². The molecule has 2 rings (SSSR count). The van der Waals surface area contributed by atoms with Crippen LogP contribution >= 0.6 is 0 Å². The Labute approximate surface area is 138 Å². The molecule has 0 spiro atoms. The average molecular weight is 325 g/mol. The summed E-state index contributed by atoms with van der Waals surface area (Å²) in [6.07, 6.45) is 1.86. The summed E-state index contributed by atoms with van der Waals surface area (Å²) in [7, 11) is 0. The lowest BCUT2D eigenvalue weighted by Gasteiger charge is -2.33. The van der Waals surface area contributed by atoms with E-state index in [0.717, 1.165) is 31.5 Å². The predicted octanol–water partition coefficient (Wildman–Crippen LogP) is 2.59. The topological polar surface area (TPSA) is 41.9 Å². The van der Waals surface area contributed by atoms with E-state index < -0.39 is 6.10 Å². The molecule has 1 aliphatic heterocycles. The second kappa shape index (κ2) is 9.33. The Morgan fingerprint density at radius 1 is 1.22 bits per heavy atom. The molecular formula is C18H28FNO3. The summed E-state index contributed by atoms with van der Waals surface area (Å²) >= 11 is 0. The molecule has 0 amide bonds. The van der Waals surface area contributed by atoms with Crippen LogP contribution in [-0.2, 0) is 16.1 Å². The normalized spacial score (nSPS) is 18.5. The maximum absolute atomic E-state index is 12.9. The van der Waals surface area contributed by atoms with Gasteiger partial charge in [-0.2, -0.15) is 0 Å². The number of halogens is 1. The van der Waals surface area contributed by atoms with Crippen LogP contribution in [0, 0.1) is 5.82 Å². The van der Waals surface area contributed by atoms with Crippen molar-refractivity contribution in [3.8, 4) is 0 Å². The predicted molar refractivity (Wildman–Crippen MR) is 87.7 cm³/mol. The number of hydrogen-bond acceptors (Lipinski definition) is 4. The van der Waals surface area contributed by atoms with E-state index in [4.69, 9.17) is 9.47 Å². The number of ether oxygens (including phenoxy) is 2. The molecule has 1 fully saturated rings. The van der Waals surface area contributed by atoms with E-state index in [9.17, 15) is 9.50 Å². The lowest BCUT2D eigenvalue weighted by molar-refractivity contribution is -0.0315. The molecule has 1 saturated heterocycles. The number of benzene rings is 1. The van der Waals surface area contributed by atoms with E-state index in [1.165, 1.54) is 12.1 Å². The highest BCUT2D eigenvalue weighted by atomic mass is 19.1. The third kappa shape index (κ3) is 6.96. The van der Waals surface area contributed by atoms with Crippen LogP contribution in [0.1, 0.15) is 32.3 Å². The number of aliphatic hydroxyl groups is 1. The highest BCUT2D eigenvalue weighted by molar-refractivity contribution is 5.15. The van der Waals surface area contributed by atoms with Crippen LogP contribution in [0.5, 0.6) is 0 Å².